The first-order valence-corrected chi connectivity index (χ1v) is 9.20. The first-order valence-electron chi connectivity index (χ1n) is 8.40. The normalized spacial score (nSPS) is 10.6. The van der Waals surface area contributed by atoms with Crippen molar-refractivity contribution in [2.24, 2.45) is 7.05 Å². The molecule has 8 heteroatoms. The van der Waals surface area contributed by atoms with Gasteiger partial charge in [-0.05, 0) is 40.2 Å². The number of hydrogen-bond acceptors (Lipinski definition) is 6. The van der Waals surface area contributed by atoms with Crippen molar-refractivity contribution in [1.29, 1.82) is 0 Å². The number of anilines is 1. The molecule has 28 heavy (non-hydrogen) atoms. The Morgan fingerprint density at radius 2 is 1.54 bits per heavy atom. The highest BCUT2D eigenvalue weighted by molar-refractivity contribution is 9.10. The van der Waals surface area contributed by atoms with Crippen molar-refractivity contribution in [3.63, 3.8) is 0 Å². The topological polar surface area (TPSA) is 80.8 Å². The monoisotopic (exact) mass is 447 g/mol. The molecule has 0 aliphatic carbocycles. The van der Waals surface area contributed by atoms with Gasteiger partial charge in [0.05, 0.1) is 51.8 Å². The number of imidazole rings is 1. The summed E-state index contributed by atoms with van der Waals surface area (Å²) in [6.07, 6.45) is 1.74. The minimum atomic E-state index is 0.475. The minimum Gasteiger partial charge on any atom is -0.495 e. The zero-order chi connectivity index (χ0) is 20.4. The Morgan fingerprint density at radius 3 is 2.07 bits per heavy atom. The van der Waals surface area contributed by atoms with E-state index in [1.807, 2.05) is 35.9 Å². The van der Waals surface area contributed by atoms with E-state index >= 15 is 0 Å². The van der Waals surface area contributed by atoms with Crippen LogP contribution in [0.1, 0.15) is 0 Å². The average molecular weight is 448 g/mol. The molecule has 7 nitrogen and oxygen atoms in total. The van der Waals surface area contributed by atoms with Gasteiger partial charge in [0.25, 0.3) is 0 Å². The minimum absolute atomic E-state index is 0.475. The fourth-order valence-corrected chi connectivity index (χ4v) is 3.68. The third kappa shape index (κ3) is 3.24. The molecule has 0 saturated carbocycles. The first-order chi connectivity index (χ1) is 13.5. The van der Waals surface area contributed by atoms with E-state index in [0.29, 0.717) is 28.7 Å². The third-order valence-electron chi connectivity index (χ3n) is 4.50. The van der Waals surface area contributed by atoms with E-state index in [1.54, 1.807) is 34.8 Å². The van der Waals surface area contributed by atoms with Crippen molar-refractivity contribution in [1.82, 2.24) is 9.55 Å². The molecule has 0 aliphatic rings. The van der Waals surface area contributed by atoms with E-state index in [9.17, 15) is 0 Å². The first kappa shape index (κ1) is 19.9. The number of hydrogen-bond donors (Lipinski definition) is 1. The maximum absolute atomic E-state index is 6.41. The van der Waals surface area contributed by atoms with Crippen LogP contribution in [0.25, 0.3) is 22.5 Å². The standard InChI is InChI=1S/C20H22BrN3O4/c1-24-10-23-18(11-8-14(26-3)16(21)15(9-11)27-4)19(24)12-6-7-13(25-2)20(28-5)17(12)22/h6-10H,22H2,1-5H3. The van der Waals surface area contributed by atoms with Crippen LogP contribution in [0.4, 0.5) is 5.69 Å². The quantitative estimate of drug-likeness (QED) is 0.572. The van der Waals surface area contributed by atoms with Crippen molar-refractivity contribution in [3.8, 4) is 45.5 Å². The van der Waals surface area contributed by atoms with Gasteiger partial charge in [-0.3, -0.25) is 0 Å². The van der Waals surface area contributed by atoms with Crippen molar-refractivity contribution >= 4 is 21.6 Å². The molecule has 0 radical (unpaired) electrons. The molecule has 0 amide bonds. The van der Waals surface area contributed by atoms with Gasteiger partial charge in [-0.15, -0.1) is 0 Å². The molecule has 3 aromatic rings. The third-order valence-corrected chi connectivity index (χ3v) is 5.28. The Hall–Kier alpha value is -2.87. The van der Waals surface area contributed by atoms with E-state index in [4.69, 9.17) is 24.7 Å². The maximum Gasteiger partial charge on any atom is 0.184 e. The summed E-state index contributed by atoms with van der Waals surface area (Å²) in [5, 5.41) is 0. The number of nitrogens with zero attached hydrogens (tertiary/aromatic N) is 2. The number of halogens is 1. The second-order valence-electron chi connectivity index (χ2n) is 6.01. The zero-order valence-electron chi connectivity index (χ0n) is 16.4. The fraction of sp³-hybridized carbons (Fsp3) is 0.250. The highest BCUT2D eigenvalue weighted by Gasteiger charge is 2.21. The average Bonchev–Trinajstić information content (AvgIpc) is 3.09. The molecule has 0 saturated heterocycles. The van der Waals surface area contributed by atoms with Crippen LogP contribution in [0.5, 0.6) is 23.0 Å². The predicted octanol–water partition coefficient (Wildman–Crippen LogP) is 4.13. The van der Waals surface area contributed by atoms with Gasteiger partial charge in [0.2, 0.25) is 0 Å². The molecule has 2 aromatic carbocycles. The fourth-order valence-electron chi connectivity index (χ4n) is 3.12. The molecule has 0 fully saturated rings. The lowest BCUT2D eigenvalue weighted by Crippen LogP contribution is -2.01. The maximum atomic E-state index is 6.41. The number of benzene rings is 2. The van der Waals surface area contributed by atoms with Gasteiger partial charge in [-0.25, -0.2) is 4.98 Å². The molecule has 3 rings (SSSR count). The Morgan fingerprint density at radius 1 is 0.929 bits per heavy atom. The van der Waals surface area contributed by atoms with E-state index in [2.05, 4.69) is 20.9 Å². The van der Waals surface area contributed by atoms with Gasteiger partial charge >= 0.3 is 0 Å². The summed E-state index contributed by atoms with van der Waals surface area (Å²) in [6.45, 7) is 0. The Balaban J connectivity index is 2.25. The summed E-state index contributed by atoms with van der Waals surface area (Å²) in [5.41, 5.74) is 10.1. The zero-order valence-corrected chi connectivity index (χ0v) is 18.0. The number of nitrogens with two attached hydrogens (primary N) is 1. The molecule has 0 unspecified atom stereocenters. The van der Waals surface area contributed by atoms with E-state index in [-0.39, 0.29) is 0 Å². The van der Waals surface area contributed by atoms with E-state index < -0.39 is 0 Å². The van der Waals surface area contributed by atoms with Crippen molar-refractivity contribution in [2.75, 3.05) is 34.2 Å². The highest BCUT2D eigenvalue weighted by Crippen LogP contribution is 2.45. The summed E-state index contributed by atoms with van der Waals surface area (Å²) in [6, 6.07) is 7.51. The Kier molecular flexibility index (Phi) is 5.69. The molecule has 0 bridgehead atoms. The Bertz CT molecular complexity index is 992. The van der Waals surface area contributed by atoms with Crippen LogP contribution in [-0.4, -0.2) is 38.0 Å². The number of aryl methyl sites for hydroxylation is 1. The predicted molar refractivity (Wildman–Crippen MR) is 112 cm³/mol. The van der Waals surface area contributed by atoms with Gasteiger partial charge in [0, 0.05) is 18.2 Å². The van der Waals surface area contributed by atoms with Crippen molar-refractivity contribution < 1.29 is 18.9 Å². The lowest BCUT2D eigenvalue weighted by molar-refractivity contribution is 0.356. The molecule has 0 aliphatic heterocycles. The summed E-state index contributed by atoms with van der Waals surface area (Å²) in [5.74, 6) is 2.34. The van der Waals surface area contributed by atoms with Crippen LogP contribution in [0.3, 0.4) is 0 Å². The molecule has 2 N–H and O–H groups in total. The number of aromatic nitrogens is 2. The molecule has 148 valence electrons. The molecular weight excluding hydrogens is 426 g/mol. The second kappa shape index (κ2) is 8.02. The molecule has 1 heterocycles. The lowest BCUT2D eigenvalue weighted by atomic mass is 10.0. The van der Waals surface area contributed by atoms with Gasteiger partial charge in [-0.1, -0.05) is 0 Å². The van der Waals surface area contributed by atoms with Crippen molar-refractivity contribution in [2.45, 2.75) is 0 Å². The molecule has 1 aromatic heterocycles. The number of rotatable bonds is 6. The van der Waals surface area contributed by atoms with Crippen LogP contribution >= 0.6 is 15.9 Å². The Labute approximate surface area is 172 Å². The highest BCUT2D eigenvalue weighted by atomic mass is 79.9. The molecule has 0 spiro atoms. The van der Waals surface area contributed by atoms with Gasteiger partial charge in [0.1, 0.15) is 16.0 Å². The van der Waals surface area contributed by atoms with Crippen LogP contribution in [0.15, 0.2) is 35.1 Å². The number of methoxy groups -OCH3 is 4. The molecule has 0 atom stereocenters. The summed E-state index contributed by atoms with van der Waals surface area (Å²) in [4.78, 5) is 4.59. The number of ether oxygens (including phenoxy) is 4. The summed E-state index contributed by atoms with van der Waals surface area (Å²) >= 11 is 3.50. The van der Waals surface area contributed by atoms with Crippen LogP contribution < -0.4 is 24.7 Å². The summed E-state index contributed by atoms with van der Waals surface area (Å²) < 4.78 is 24.4. The smallest absolute Gasteiger partial charge is 0.184 e. The number of nitrogen functional groups attached to an aromatic ring is 1. The second-order valence-corrected chi connectivity index (χ2v) is 6.80. The molecular formula is C20H22BrN3O4. The van der Waals surface area contributed by atoms with Gasteiger partial charge in [0.15, 0.2) is 11.5 Å². The van der Waals surface area contributed by atoms with Crippen LogP contribution in [0.2, 0.25) is 0 Å². The lowest BCUT2D eigenvalue weighted by Gasteiger charge is -2.16. The van der Waals surface area contributed by atoms with Gasteiger partial charge in [-0.2, -0.15) is 0 Å². The van der Waals surface area contributed by atoms with E-state index in [1.165, 1.54) is 0 Å². The summed E-state index contributed by atoms with van der Waals surface area (Å²) in [7, 11) is 8.26. The van der Waals surface area contributed by atoms with Crippen molar-refractivity contribution in [3.05, 3.63) is 35.1 Å². The van der Waals surface area contributed by atoms with E-state index in [0.717, 1.165) is 27.0 Å². The largest absolute Gasteiger partial charge is 0.495 e. The van der Waals surface area contributed by atoms with Crippen LogP contribution in [-0.2, 0) is 7.05 Å². The SMILES string of the molecule is COc1cc(-c2ncn(C)c2-c2ccc(OC)c(OC)c2N)cc(OC)c1Br. The van der Waals surface area contributed by atoms with Gasteiger partial charge < -0.3 is 29.2 Å². The van der Waals surface area contributed by atoms with Crippen LogP contribution in [0, 0.1) is 0 Å².